The highest BCUT2D eigenvalue weighted by Crippen LogP contribution is 2.29. The zero-order valence-electron chi connectivity index (χ0n) is 14.3. The van der Waals surface area contributed by atoms with Crippen LogP contribution in [0.1, 0.15) is 5.56 Å². The number of hydrogen-bond acceptors (Lipinski definition) is 5. The van der Waals surface area contributed by atoms with Gasteiger partial charge in [0.1, 0.15) is 5.82 Å². The Bertz CT molecular complexity index is 936. The molecule has 3 aromatic rings. The number of carbonyl (C=O) groups is 1. The quantitative estimate of drug-likeness (QED) is 0.541. The number of nitrogens with zero attached hydrogens (tertiary/aromatic N) is 3. The minimum atomic E-state index is -0.318. The molecule has 0 unspecified atom stereocenters. The number of thioether (sulfide) groups is 1. The molecule has 0 bridgehead atoms. The molecule has 0 saturated heterocycles. The van der Waals surface area contributed by atoms with Crippen LogP contribution in [-0.2, 0) is 11.3 Å². The third-order valence-electron chi connectivity index (χ3n) is 3.74. The summed E-state index contributed by atoms with van der Waals surface area (Å²) in [5.41, 5.74) is 2.59. The van der Waals surface area contributed by atoms with Crippen molar-refractivity contribution in [2.24, 2.45) is 0 Å². The van der Waals surface area contributed by atoms with Gasteiger partial charge in [0.2, 0.25) is 5.91 Å². The minimum absolute atomic E-state index is 0.131. The van der Waals surface area contributed by atoms with Gasteiger partial charge in [0, 0.05) is 10.9 Å². The normalized spacial score (nSPS) is 10.4. The summed E-state index contributed by atoms with van der Waals surface area (Å²) in [6.07, 6.45) is 0. The maximum Gasteiger partial charge on any atom is 0.239 e. The monoisotopic (exact) mass is 397 g/mol. The molecule has 3 rings (SSSR count). The number of rotatable bonds is 7. The Morgan fingerprint density at radius 3 is 2.63 bits per heavy atom. The Balaban J connectivity index is 1.84. The van der Waals surface area contributed by atoms with Gasteiger partial charge in [-0.1, -0.05) is 42.5 Å². The van der Waals surface area contributed by atoms with E-state index in [0.717, 1.165) is 16.8 Å². The van der Waals surface area contributed by atoms with Crippen molar-refractivity contribution < 1.29 is 9.18 Å². The van der Waals surface area contributed by atoms with Crippen LogP contribution in [0.25, 0.3) is 11.3 Å². The second kappa shape index (κ2) is 9.31. The smallest absolute Gasteiger partial charge is 0.239 e. The van der Waals surface area contributed by atoms with Gasteiger partial charge in [0.05, 0.1) is 29.8 Å². The van der Waals surface area contributed by atoms with E-state index in [0.29, 0.717) is 11.7 Å². The molecular formula is C20H16FN3OS2. The molecule has 0 N–H and O–H groups in total. The molecular weight excluding hydrogens is 381 g/mol. The maximum atomic E-state index is 13.2. The summed E-state index contributed by atoms with van der Waals surface area (Å²) in [6.45, 7) is 0.300. The summed E-state index contributed by atoms with van der Waals surface area (Å²) in [5.74, 6) is -0.00602. The standard InChI is InChI=1S/C20H16FN3OS2/c21-17-8-6-15(7-9-17)12-24(19(25)14-26-11-10-22)20-23-18(13-27-20)16-4-2-1-3-5-16/h1-9,13H,11-12,14H2. The molecule has 0 aliphatic carbocycles. The highest BCUT2D eigenvalue weighted by Gasteiger charge is 2.20. The number of benzene rings is 2. The first-order valence-electron chi connectivity index (χ1n) is 8.18. The first-order valence-corrected chi connectivity index (χ1v) is 10.2. The lowest BCUT2D eigenvalue weighted by Gasteiger charge is -2.20. The van der Waals surface area contributed by atoms with Crippen molar-refractivity contribution in [2.45, 2.75) is 6.54 Å². The molecule has 1 amide bonds. The molecule has 0 fully saturated rings. The van der Waals surface area contributed by atoms with Gasteiger partial charge in [-0.3, -0.25) is 9.69 Å². The molecule has 2 aromatic carbocycles. The molecule has 27 heavy (non-hydrogen) atoms. The predicted octanol–water partition coefficient (Wildman–Crippen LogP) is 4.74. The summed E-state index contributed by atoms with van der Waals surface area (Å²) < 4.78 is 13.2. The van der Waals surface area contributed by atoms with Crippen LogP contribution in [0.3, 0.4) is 0 Å². The van der Waals surface area contributed by atoms with Crippen molar-refractivity contribution in [1.29, 1.82) is 5.26 Å². The van der Waals surface area contributed by atoms with Crippen LogP contribution in [0.5, 0.6) is 0 Å². The molecule has 0 aliphatic rings. The van der Waals surface area contributed by atoms with Crippen LogP contribution in [0.2, 0.25) is 0 Å². The summed E-state index contributed by atoms with van der Waals surface area (Å²) in [5, 5.41) is 11.2. The largest absolute Gasteiger partial charge is 0.283 e. The third kappa shape index (κ3) is 5.16. The first kappa shape index (κ1) is 19.1. The summed E-state index contributed by atoms with van der Waals surface area (Å²) in [4.78, 5) is 18.9. The lowest BCUT2D eigenvalue weighted by molar-refractivity contribution is -0.116. The number of aromatic nitrogens is 1. The average Bonchev–Trinajstić information content (AvgIpc) is 3.18. The lowest BCUT2D eigenvalue weighted by atomic mass is 10.2. The molecule has 1 heterocycles. The third-order valence-corrected chi connectivity index (χ3v) is 5.39. The number of anilines is 1. The summed E-state index contributed by atoms with van der Waals surface area (Å²) in [7, 11) is 0. The molecule has 0 atom stereocenters. The van der Waals surface area contributed by atoms with Crippen molar-refractivity contribution in [1.82, 2.24) is 4.98 Å². The van der Waals surface area contributed by atoms with Crippen molar-refractivity contribution >= 4 is 34.1 Å². The van der Waals surface area contributed by atoms with Crippen molar-refractivity contribution in [3.05, 3.63) is 71.4 Å². The van der Waals surface area contributed by atoms with Gasteiger partial charge in [-0.05, 0) is 17.7 Å². The van der Waals surface area contributed by atoms with E-state index in [1.165, 1.54) is 35.2 Å². The summed E-state index contributed by atoms with van der Waals surface area (Å²) in [6, 6.07) is 17.8. The zero-order valence-corrected chi connectivity index (χ0v) is 16.0. The average molecular weight is 398 g/mol. The van der Waals surface area contributed by atoms with Crippen LogP contribution >= 0.6 is 23.1 Å². The van der Waals surface area contributed by atoms with Crippen molar-refractivity contribution in [3.8, 4) is 17.3 Å². The fraction of sp³-hybridized carbons (Fsp3) is 0.150. The number of nitriles is 1. The topological polar surface area (TPSA) is 57.0 Å². The number of amides is 1. The second-order valence-electron chi connectivity index (χ2n) is 5.64. The van der Waals surface area contributed by atoms with Gasteiger partial charge < -0.3 is 0 Å². The molecule has 4 nitrogen and oxygen atoms in total. The van der Waals surface area contributed by atoms with Gasteiger partial charge in [-0.2, -0.15) is 5.26 Å². The fourth-order valence-electron chi connectivity index (χ4n) is 2.43. The van der Waals surface area contributed by atoms with Crippen LogP contribution in [0.15, 0.2) is 60.0 Å². The number of hydrogen-bond donors (Lipinski definition) is 0. The Labute approximate surface area is 165 Å². The van der Waals surface area contributed by atoms with Crippen LogP contribution in [0.4, 0.5) is 9.52 Å². The van der Waals surface area contributed by atoms with Gasteiger partial charge in [-0.25, -0.2) is 9.37 Å². The SMILES string of the molecule is N#CCSCC(=O)N(Cc1ccc(F)cc1)c1nc(-c2ccccc2)cs1. The zero-order chi connectivity index (χ0) is 19.1. The Morgan fingerprint density at radius 1 is 1.19 bits per heavy atom. The number of halogens is 1. The van der Waals surface area contributed by atoms with E-state index >= 15 is 0 Å². The second-order valence-corrected chi connectivity index (χ2v) is 7.46. The van der Waals surface area contributed by atoms with E-state index in [9.17, 15) is 9.18 Å². The molecule has 7 heteroatoms. The van der Waals surface area contributed by atoms with E-state index in [4.69, 9.17) is 5.26 Å². The molecule has 1 aromatic heterocycles. The minimum Gasteiger partial charge on any atom is -0.283 e. The molecule has 0 spiro atoms. The number of thiazole rings is 1. The molecule has 136 valence electrons. The lowest BCUT2D eigenvalue weighted by Crippen LogP contribution is -2.32. The summed E-state index contributed by atoms with van der Waals surface area (Å²) >= 11 is 2.65. The fourth-order valence-corrected chi connectivity index (χ4v) is 3.80. The van der Waals surface area contributed by atoms with Gasteiger partial charge in [-0.15, -0.1) is 23.1 Å². The van der Waals surface area contributed by atoms with E-state index < -0.39 is 0 Å². The van der Waals surface area contributed by atoms with Crippen molar-refractivity contribution in [2.75, 3.05) is 16.4 Å². The Morgan fingerprint density at radius 2 is 1.93 bits per heavy atom. The van der Waals surface area contributed by atoms with E-state index in [1.54, 1.807) is 17.0 Å². The van der Waals surface area contributed by atoms with Gasteiger partial charge in [0.25, 0.3) is 0 Å². The first-order chi connectivity index (χ1) is 13.2. The number of carbonyl (C=O) groups excluding carboxylic acids is 1. The molecule has 0 saturated carbocycles. The highest BCUT2D eigenvalue weighted by molar-refractivity contribution is 8.00. The highest BCUT2D eigenvalue weighted by atomic mass is 32.2. The molecule has 0 radical (unpaired) electrons. The van der Waals surface area contributed by atoms with Crippen LogP contribution < -0.4 is 4.90 Å². The molecule has 0 aliphatic heterocycles. The maximum absolute atomic E-state index is 13.2. The van der Waals surface area contributed by atoms with Crippen molar-refractivity contribution in [3.63, 3.8) is 0 Å². The van der Waals surface area contributed by atoms with E-state index in [2.05, 4.69) is 4.98 Å². The Kier molecular flexibility index (Phi) is 6.58. The van der Waals surface area contributed by atoms with Gasteiger partial charge in [0.15, 0.2) is 5.13 Å². The Hall–Kier alpha value is -2.69. The van der Waals surface area contributed by atoms with Crippen LogP contribution in [-0.4, -0.2) is 22.4 Å². The van der Waals surface area contributed by atoms with Gasteiger partial charge >= 0.3 is 0 Å². The predicted molar refractivity (Wildman–Crippen MR) is 108 cm³/mol. The van der Waals surface area contributed by atoms with E-state index in [1.807, 2.05) is 41.8 Å². The van der Waals surface area contributed by atoms with E-state index in [-0.39, 0.29) is 23.2 Å². The van der Waals surface area contributed by atoms with Crippen LogP contribution in [0, 0.1) is 17.1 Å².